The Balaban J connectivity index is 1.59. The first-order valence-electron chi connectivity index (χ1n) is 19.2. The molecule has 0 radical (unpaired) electrons. The summed E-state index contributed by atoms with van der Waals surface area (Å²) in [6.07, 6.45) is 5.06. The number of aliphatic hydroxyl groups excluding tert-OH is 3. The fourth-order valence-corrected chi connectivity index (χ4v) is 8.19. The first kappa shape index (κ1) is 42.1. The Kier molecular flexibility index (Phi) is 11.7. The van der Waals surface area contributed by atoms with Crippen molar-refractivity contribution in [1.29, 1.82) is 0 Å². The zero-order chi connectivity index (χ0) is 42.5. The van der Waals surface area contributed by atoms with E-state index in [1.807, 2.05) is 19.1 Å². The second kappa shape index (κ2) is 16.0. The minimum atomic E-state index is -1.97. The average Bonchev–Trinajstić information content (AvgIpc) is 3.69. The number of aromatic amines is 1. The van der Waals surface area contributed by atoms with Gasteiger partial charge in [0.15, 0.2) is 11.3 Å². The van der Waals surface area contributed by atoms with Crippen molar-refractivity contribution in [3.8, 4) is 17.2 Å². The lowest BCUT2D eigenvalue weighted by atomic mass is 9.78. The molecule has 0 aliphatic carbocycles. The lowest BCUT2D eigenvalue weighted by Gasteiger charge is -2.38. The van der Waals surface area contributed by atoms with Gasteiger partial charge in [0, 0.05) is 61.8 Å². The van der Waals surface area contributed by atoms with E-state index >= 15 is 0 Å². The van der Waals surface area contributed by atoms with Gasteiger partial charge in [0.05, 0.1) is 53.7 Å². The third kappa shape index (κ3) is 7.16. The summed E-state index contributed by atoms with van der Waals surface area (Å²) < 4.78 is 25.5. The summed E-state index contributed by atoms with van der Waals surface area (Å²) in [4.78, 5) is 44.1. The molecule has 9 unspecified atom stereocenters. The molecular weight excluding hydrogens is 750 g/mol. The summed E-state index contributed by atoms with van der Waals surface area (Å²) >= 11 is 0. The molecule has 0 fully saturated rings. The van der Waals surface area contributed by atoms with E-state index in [0.29, 0.717) is 5.65 Å². The highest BCUT2D eigenvalue weighted by molar-refractivity contribution is 6.27. The second-order valence-corrected chi connectivity index (χ2v) is 15.7. The molecule has 4 heterocycles. The molecule has 15 nitrogen and oxygen atoms in total. The number of carbonyl (C=O) groups is 3. The maximum absolute atomic E-state index is 14.6. The standard InChI is InChI=1S/C43H51N3O12/c1-19-13-15-46-28(17-19)44-32-29-30-37(51)24(6)40-31(29)41(53)43(8,58-40)56-16-14-27(55-9)21(3)39(57-25(7)48)23(5)36(50)22(4)35(49)20(2)11-10-12-26(18-47)42(54)45-33(34(32)46)38(30)52/h10-17,20-23,27,35-36,39,47,49-50H,18H2,1-9H3,(H3,45,51,52,53,54)/p+1/b11-10+,16-14+,26-12-. The fraction of sp³-hybridized carbons (Fsp3) is 0.442. The molecule has 58 heavy (non-hydrogen) atoms. The Morgan fingerprint density at radius 3 is 2.36 bits per heavy atom. The molecule has 4 aromatic rings. The molecule has 2 aromatic heterocycles. The van der Waals surface area contributed by atoms with Crippen LogP contribution in [0, 0.1) is 37.5 Å². The van der Waals surface area contributed by atoms with Crippen molar-refractivity contribution in [3.05, 3.63) is 71.2 Å². The van der Waals surface area contributed by atoms with Crippen LogP contribution in [0.3, 0.4) is 0 Å². The summed E-state index contributed by atoms with van der Waals surface area (Å²) in [5.74, 6) is -7.47. The van der Waals surface area contributed by atoms with Gasteiger partial charge in [-0.2, -0.15) is 4.40 Å². The van der Waals surface area contributed by atoms with E-state index in [9.17, 15) is 39.9 Å². The molecule has 4 bridgehead atoms. The predicted octanol–water partition coefficient (Wildman–Crippen LogP) is 4.55. The summed E-state index contributed by atoms with van der Waals surface area (Å²) in [6, 6.07) is 3.65. The van der Waals surface area contributed by atoms with Crippen LogP contribution < -0.4 is 14.5 Å². The number of H-pyrrole nitrogens is 1. The average molecular weight is 803 g/mol. The number of allylic oxidation sites excluding steroid dienone is 2. The van der Waals surface area contributed by atoms with Gasteiger partial charge in [-0.15, -0.1) is 0 Å². The number of aromatic nitrogens is 2. The topological polar surface area (TPSA) is 221 Å². The summed E-state index contributed by atoms with van der Waals surface area (Å²) in [6.45, 7) is 12.3. The number of anilines is 1. The van der Waals surface area contributed by atoms with E-state index in [0.717, 1.165) is 5.56 Å². The third-order valence-corrected chi connectivity index (χ3v) is 11.7. The number of aryl methyl sites for hydroxylation is 1. The molecule has 0 spiro atoms. The Hall–Kier alpha value is -5.48. The number of pyridine rings is 1. The van der Waals surface area contributed by atoms with Crippen LogP contribution in [0.1, 0.15) is 63.0 Å². The first-order valence-corrected chi connectivity index (χ1v) is 19.2. The number of nitrogens with zero attached hydrogens (tertiary/aromatic N) is 1. The first-order chi connectivity index (χ1) is 27.4. The van der Waals surface area contributed by atoms with Crippen LogP contribution in [0.15, 0.2) is 54.5 Å². The van der Waals surface area contributed by atoms with Crippen LogP contribution in [-0.2, 0) is 23.8 Å². The molecule has 7 N–H and O–H groups in total. The van der Waals surface area contributed by atoms with Gasteiger partial charge in [-0.05, 0) is 31.6 Å². The van der Waals surface area contributed by atoms with E-state index in [4.69, 9.17) is 18.9 Å². The van der Waals surface area contributed by atoms with E-state index in [1.165, 1.54) is 52.4 Å². The largest absolute Gasteiger partial charge is 0.507 e. The number of fused-ring (bicyclic) bond motifs is 2. The van der Waals surface area contributed by atoms with Crippen LogP contribution in [0.2, 0.25) is 0 Å². The van der Waals surface area contributed by atoms with Crippen molar-refractivity contribution in [3.63, 3.8) is 0 Å². The number of phenols is 2. The summed E-state index contributed by atoms with van der Waals surface area (Å²) in [7, 11) is 1.45. The van der Waals surface area contributed by atoms with Gasteiger partial charge in [-0.25, -0.2) is 4.98 Å². The normalized spacial score (nSPS) is 30.5. The molecule has 2 aliphatic heterocycles. The van der Waals surface area contributed by atoms with E-state index in [1.54, 1.807) is 44.4 Å². The van der Waals surface area contributed by atoms with Crippen LogP contribution in [0.5, 0.6) is 17.2 Å². The van der Waals surface area contributed by atoms with Crippen molar-refractivity contribution in [1.82, 2.24) is 4.98 Å². The van der Waals surface area contributed by atoms with Gasteiger partial charge >= 0.3 is 11.8 Å². The second-order valence-electron chi connectivity index (χ2n) is 15.7. The van der Waals surface area contributed by atoms with Gasteiger partial charge in [0.1, 0.15) is 23.3 Å². The molecule has 310 valence electrons. The number of amides is 1. The number of methoxy groups -OCH3 is 1. The number of hydrogen-bond acceptors (Lipinski definition) is 12. The van der Waals surface area contributed by atoms with Gasteiger partial charge in [-0.1, -0.05) is 45.9 Å². The molecular formula is C43H52N3O12+. The van der Waals surface area contributed by atoms with Crippen LogP contribution in [0.25, 0.3) is 27.5 Å². The smallest absolute Gasteiger partial charge is 0.312 e. The quantitative estimate of drug-likeness (QED) is 0.0862. The van der Waals surface area contributed by atoms with Gasteiger partial charge in [0.2, 0.25) is 5.52 Å². The van der Waals surface area contributed by atoms with Crippen LogP contribution in [0.4, 0.5) is 5.69 Å². The number of nitrogens with one attached hydrogen (secondary N) is 2. The Morgan fingerprint density at radius 2 is 1.71 bits per heavy atom. The third-order valence-electron chi connectivity index (χ3n) is 11.7. The number of carbonyl (C=O) groups excluding carboxylic acids is 3. The Bertz CT molecular complexity index is 2400. The van der Waals surface area contributed by atoms with Crippen LogP contribution in [-0.4, -0.2) is 92.1 Å². The highest BCUT2D eigenvalue weighted by Crippen LogP contribution is 2.53. The monoisotopic (exact) mass is 802 g/mol. The Labute approximate surface area is 335 Å². The Morgan fingerprint density at radius 1 is 1.00 bits per heavy atom. The van der Waals surface area contributed by atoms with Gasteiger partial charge in [0.25, 0.3) is 17.3 Å². The number of rotatable bonds is 3. The zero-order valence-corrected chi connectivity index (χ0v) is 34.0. The number of phenolic OH excluding ortho intramolecular Hbond substituents is 2. The van der Waals surface area contributed by atoms with Gasteiger partial charge in [-0.3, -0.25) is 14.4 Å². The lowest BCUT2D eigenvalue weighted by molar-refractivity contribution is -0.480. The number of ether oxygens (including phenoxy) is 4. The van der Waals surface area contributed by atoms with E-state index in [2.05, 4.69) is 10.3 Å². The van der Waals surface area contributed by atoms with Gasteiger partial charge < -0.3 is 49.8 Å². The highest BCUT2D eigenvalue weighted by atomic mass is 16.7. The fourth-order valence-electron chi connectivity index (χ4n) is 8.19. The molecule has 6 rings (SSSR count). The lowest BCUT2D eigenvalue weighted by Crippen LogP contribution is -2.46. The number of imidazole rings is 1. The predicted molar refractivity (Wildman–Crippen MR) is 213 cm³/mol. The number of benzene rings is 2. The van der Waals surface area contributed by atoms with Crippen molar-refractivity contribution in [2.75, 3.05) is 19.0 Å². The number of hydrogen-bond donors (Lipinski definition) is 7. The van der Waals surface area contributed by atoms with Crippen molar-refractivity contribution in [2.24, 2.45) is 23.7 Å². The van der Waals surface area contributed by atoms with E-state index in [-0.39, 0.29) is 49.9 Å². The number of Topliss-reactive ketones (excluding diaryl/α,β-unsaturated/α-hetero) is 1. The number of esters is 1. The molecule has 2 aromatic carbocycles. The van der Waals surface area contributed by atoms with Crippen molar-refractivity contribution >= 4 is 50.8 Å². The van der Waals surface area contributed by atoms with Crippen molar-refractivity contribution in [2.45, 2.75) is 85.6 Å². The molecule has 0 saturated heterocycles. The molecule has 0 saturated carbocycles. The molecule has 1 amide bonds. The number of ketones is 1. The number of aromatic hydroxyl groups is 2. The highest BCUT2D eigenvalue weighted by Gasteiger charge is 2.50. The minimum Gasteiger partial charge on any atom is -0.507 e. The van der Waals surface area contributed by atoms with E-state index < -0.39 is 89.6 Å². The maximum atomic E-state index is 14.6. The summed E-state index contributed by atoms with van der Waals surface area (Å²) in [5.41, 5.74) is 1.86. The molecule has 2 aliphatic rings. The zero-order valence-electron chi connectivity index (χ0n) is 34.0. The summed E-state index contributed by atoms with van der Waals surface area (Å²) in [5, 5.41) is 59.7. The van der Waals surface area contributed by atoms with Crippen LogP contribution >= 0.6 is 0 Å². The molecule has 9 atom stereocenters. The molecule has 15 heteroatoms. The van der Waals surface area contributed by atoms with Crippen molar-refractivity contribution < 1.29 is 63.3 Å². The number of aliphatic hydroxyl groups is 3. The SMILES string of the molecule is COC1/C=C/OC2(C)Oc3c(C)c(O)c4c(O)c(c5c([nH]c6cc(C)cc[n+]65)c4c3C2=O)NC(=O)/C(CO)=C\C=C\C(C)C(O)C(C)C(O)C(C)C(OC(C)=O)C1C. The maximum Gasteiger partial charge on any atom is 0.312 e. The minimum absolute atomic E-state index is 0.0126.